The van der Waals surface area contributed by atoms with E-state index in [1.165, 1.54) is 5.56 Å². The van der Waals surface area contributed by atoms with Crippen LogP contribution in [-0.4, -0.2) is 15.6 Å². The molecule has 0 unspecified atom stereocenters. The summed E-state index contributed by atoms with van der Waals surface area (Å²) < 4.78 is 1.57. The molecule has 0 saturated heterocycles. The van der Waals surface area contributed by atoms with Crippen molar-refractivity contribution in [2.45, 2.75) is 46.1 Å². The third-order valence-electron chi connectivity index (χ3n) is 3.69. The van der Waals surface area contributed by atoms with Crippen LogP contribution < -0.4 is 4.87 Å². The number of carbonyl (C=O) groups is 1. The summed E-state index contributed by atoms with van der Waals surface area (Å²) in [7, 11) is 0. The molecule has 1 heterocycles. The fraction of sp³-hybridized carbons (Fsp3) is 0.412. The highest BCUT2D eigenvalue weighted by Crippen LogP contribution is 2.23. The van der Waals surface area contributed by atoms with Crippen molar-refractivity contribution >= 4 is 17.3 Å². The molecule has 0 atom stereocenters. The van der Waals surface area contributed by atoms with Gasteiger partial charge in [-0.2, -0.15) is 0 Å². The molecular formula is C17H21NO3S. The second-order valence-corrected chi connectivity index (χ2v) is 7.30. The first kappa shape index (κ1) is 16.5. The summed E-state index contributed by atoms with van der Waals surface area (Å²) in [5.41, 5.74) is 2.92. The molecule has 5 heteroatoms. The molecular weight excluding hydrogens is 298 g/mol. The predicted molar refractivity (Wildman–Crippen MR) is 89.2 cm³/mol. The van der Waals surface area contributed by atoms with Gasteiger partial charge in [-0.1, -0.05) is 63.3 Å². The van der Waals surface area contributed by atoms with E-state index in [9.17, 15) is 14.7 Å². The van der Waals surface area contributed by atoms with Gasteiger partial charge in [0.2, 0.25) is 0 Å². The largest absolute Gasteiger partial charge is 0.477 e. The lowest BCUT2D eigenvalue weighted by molar-refractivity contribution is 0.0700. The minimum atomic E-state index is -1.03. The van der Waals surface area contributed by atoms with Crippen molar-refractivity contribution in [3.05, 3.63) is 55.6 Å². The van der Waals surface area contributed by atoms with Gasteiger partial charge in [0.15, 0.2) is 0 Å². The Morgan fingerprint density at radius 1 is 1.23 bits per heavy atom. The highest BCUT2D eigenvalue weighted by atomic mass is 32.1. The molecule has 1 aromatic carbocycles. The number of carboxylic acids is 1. The second-order valence-electron chi connectivity index (χ2n) is 6.34. The Bertz CT molecular complexity index is 733. The molecule has 22 heavy (non-hydrogen) atoms. The molecule has 0 aliphatic carbocycles. The molecule has 0 fully saturated rings. The number of hydrogen-bond acceptors (Lipinski definition) is 3. The van der Waals surface area contributed by atoms with Gasteiger partial charge in [-0.25, -0.2) is 4.79 Å². The van der Waals surface area contributed by atoms with Crippen LogP contribution in [0.4, 0.5) is 0 Å². The third-order valence-corrected chi connectivity index (χ3v) is 4.70. The van der Waals surface area contributed by atoms with Gasteiger partial charge in [0.25, 0.3) is 0 Å². The Morgan fingerprint density at radius 3 is 2.27 bits per heavy atom. The van der Waals surface area contributed by atoms with E-state index in [2.05, 4.69) is 32.9 Å². The van der Waals surface area contributed by atoms with E-state index in [-0.39, 0.29) is 15.2 Å². The number of thiazole rings is 1. The van der Waals surface area contributed by atoms with Crippen molar-refractivity contribution in [3.63, 3.8) is 0 Å². The van der Waals surface area contributed by atoms with Crippen LogP contribution in [0.3, 0.4) is 0 Å². The molecule has 0 radical (unpaired) electrons. The zero-order valence-corrected chi connectivity index (χ0v) is 14.2. The van der Waals surface area contributed by atoms with Gasteiger partial charge in [-0.05, 0) is 23.0 Å². The number of hydrogen-bond donors (Lipinski definition) is 1. The average Bonchev–Trinajstić information content (AvgIpc) is 2.75. The first-order chi connectivity index (χ1) is 10.2. The molecule has 2 aromatic rings. The number of aromatic nitrogens is 1. The predicted octanol–water partition coefficient (Wildman–Crippen LogP) is 3.52. The van der Waals surface area contributed by atoms with Crippen molar-refractivity contribution in [1.29, 1.82) is 0 Å². The number of carboxylic acid groups (broad SMARTS) is 1. The third kappa shape index (κ3) is 3.30. The molecule has 0 aliphatic heterocycles. The highest BCUT2D eigenvalue weighted by molar-refractivity contribution is 7.11. The van der Waals surface area contributed by atoms with Gasteiger partial charge in [-0.3, -0.25) is 9.36 Å². The van der Waals surface area contributed by atoms with Crippen LogP contribution >= 0.6 is 11.3 Å². The summed E-state index contributed by atoms with van der Waals surface area (Å²) in [6, 6.07) is 8.14. The lowest BCUT2D eigenvalue weighted by Gasteiger charge is -2.19. The van der Waals surface area contributed by atoms with Crippen molar-refractivity contribution < 1.29 is 9.90 Å². The van der Waals surface area contributed by atoms with E-state index < -0.39 is 5.97 Å². The number of aromatic carboxylic acids is 1. The SMILES string of the molecule is CCc1c(C(=O)O)sc(=O)n1Cc1ccc(C(C)(C)C)cc1. The molecule has 118 valence electrons. The summed E-state index contributed by atoms with van der Waals surface area (Å²) in [6.45, 7) is 8.74. The van der Waals surface area contributed by atoms with Crippen LogP contribution in [-0.2, 0) is 18.4 Å². The Hall–Kier alpha value is -1.88. The van der Waals surface area contributed by atoms with E-state index in [1.54, 1.807) is 4.57 Å². The van der Waals surface area contributed by atoms with Crippen LogP contribution in [0, 0.1) is 0 Å². The van der Waals surface area contributed by atoms with Crippen molar-refractivity contribution in [1.82, 2.24) is 4.57 Å². The van der Waals surface area contributed by atoms with Crippen molar-refractivity contribution in [2.24, 2.45) is 0 Å². The first-order valence-electron chi connectivity index (χ1n) is 7.29. The van der Waals surface area contributed by atoms with Gasteiger partial charge in [0.1, 0.15) is 4.88 Å². The molecule has 0 amide bonds. The van der Waals surface area contributed by atoms with Crippen LogP contribution in [0.5, 0.6) is 0 Å². The van der Waals surface area contributed by atoms with E-state index in [0.717, 1.165) is 16.9 Å². The second kappa shape index (κ2) is 6.08. The molecule has 0 saturated carbocycles. The van der Waals surface area contributed by atoms with Gasteiger partial charge in [-0.15, -0.1) is 0 Å². The summed E-state index contributed by atoms with van der Waals surface area (Å²) in [4.78, 5) is 23.2. The summed E-state index contributed by atoms with van der Waals surface area (Å²) in [5, 5.41) is 9.18. The molecule has 1 N–H and O–H groups in total. The van der Waals surface area contributed by atoms with Gasteiger partial charge in [0.05, 0.1) is 6.54 Å². The van der Waals surface area contributed by atoms with Crippen molar-refractivity contribution in [3.8, 4) is 0 Å². The summed E-state index contributed by atoms with van der Waals surface area (Å²) >= 11 is 0.808. The van der Waals surface area contributed by atoms with Gasteiger partial charge in [0, 0.05) is 5.69 Å². The minimum Gasteiger partial charge on any atom is -0.477 e. The average molecular weight is 319 g/mol. The molecule has 0 aliphatic rings. The lowest BCUT2D eigenvalue weighted by atomic mass is 9.87. The smallest absolute Gasteiger partial charge is 0.347 e. The molecule has 0 spiro atoms. The van der Waals surface area contributed by atoms with Crippen LogP contribution in [0.2, 0.25) is 0 Å². The van der Waals surface area contributed by atoms with E-state index in [0.29, 0.717) is 18.7 Å². The first-order valence-corrected chi connectivity index (χ1v) is 8.11. The summed E-state index contributed by atoms with van der Waals surface area (Å²) in [5.74, 6) is -1.03. The molecule has 4 nitrogen and oxygen atoms in total. The van der Waals surface area contributed by atoms with Gasteiger partial charge >= 0.3 is 10.8 Å². The maximum absolute atomic E-state index is 12.1. The molecule has 2 rings (SSSR count). The Morgan fingerprint density at radius 2 is 1.82 bits per heavy atom. The number of nitrogens with zero attached hydrogens (tertiary/aromatic N) is 1. The quantitative estimate of drug-likeness (QED) is 0.938. The monoisotopic (exact) mass is 319 g/mol. The summed E-state index contributed by atoms with van der Waals surface area (Å²) in [6.07, 6.45) is 0.528. The minimum absolute atomic E-state index is 0.0861. The van der Waals surface area contributed by atoms with Crippen LogP contribution in [0.25, 0.3) is 0 Å². The zero-order valence-electron chi connectivity index (χ0n) is 13.3. The Labute approximate surface area is 134 Å². The Kier molecular flexibility index (Phi) is 4.56. The molecule has 1 aromatic heterocycles. The van der Waals surface area contributed by atoms with Crippen molar-refractivity contribution in [2.75, 3.05) is 0 Å². The Balaban J connectivity index is 2.35. The normalized spacial score (nSPS) is 11.6. The van der Waals surface area contributed by atoms with Crippen LogP contribution in [0.1, 0.15) is 54.2 Å². The highest BCUT2D eigenvalue weighted by Gasteiger charge is 2.19. The topological polar surface area (TPSA) is 59.3 Å². The maximum Gasteiger partial charge on any atom is 0.347 e. The number of benzene rings is 1. The fourth-order valence-electron chi connectivity index (χ4n) is 2.41. The number of rotatable bonds is 4. The molecule has 0 bridgehead atoms. The lowest BCUT2D eigenvalue weighted by Crippen LogP contribution is -2.17. The standard InChI is InChI=1S/C17H21NO3S/c1-5-13-14(15(19)20)22-16(21)18(13)10-11-6-8-12(9-7-11)17(2,3)4/h6-9H,5,10H2,1-4H3,(H,19,20). The van der Waals surface area contributed by atoms with E-state index >= 15 is 0 Å². The fourth-order valence-corrected chi connectivity index (χ4v) is 3.32. The van der Waals surface area contributed by atoms with E-state index in [4.69, 9.17) is 0 Å². The van der Waals surface area contributed by atoms with E-state index in [1.807, 2.05) is 19.1 Å². The van der Waals surface area contributed by atoms with Crippen LogP contribution in [0.15, 0.2) is 29.1 Å². The zero-order chi connectivity index (χ0) is 16.5. The van der Waals surface area contributed by atoms with Gasteiger partial charge < -0.3 is 5.11 Å². The maximum atomic E-state index is 12.1.